The average Bonchev–Trinajstić information content (AvgIpc) is 2.76. The van der Waals surface area contributed by atoms with Crippen LogP contribution in [0.1, 0.15) is 25.7 Å². The van der Waals surface area contributed by atoms with E-state index in [1.807, 2.05) is 6.07 Å². The highest BCUT2D eigenvalue weighted by Crippen LogP contribution is 2.28. The van der Waals surface area contributed by atoms with E-state index in [4.69, 9.17) is 4.74 Å². The van der Waals surface area contributed by atoms with Crippen LogP contribution in [0.25, 0.3) is 0 Å². The van der Waals surface area contributed by atoms with E-state index in [0.29, 0.717) is 5.75 Å². The summed E-state index contributed by atoms with van der Waals surface area (Å²) >= 11 is 0. The lowest BCUT2D eigenvalue weighted by Gasteiger charge is -2.21. The lowest BCUT2D eigenvalue weighted by Crippen LogP contribution is -2.41. The van der Waals surface area contributed by atoms with Gasteiger partial charge in [-0.1, -0.05) is 31.0 Å². The van der Waals surface area contributed by atoms with E-state index in [0.717, 1.165) is 25.7 Å². The van der Waals surface area contributed by atoms with Gasteiger partial charge in [0.2, 0.25) is 0 Å². The third-order valence-corrected chi connectivity index (χ3v) is 3.05. The minimum absolute atomic E-state index is 0.263. The van der Waals surface area contributed by atoms with Gasteiger partial charge in [-0.3, -0.25) is 0 Å². The zero-order chi connectivity index (χ0) is 12.1. The predicted molar refractivity (Wildman–Crippen MR) is 63.9 cm³/mol. The number of hydrogen-bond donors (Lipinski definition) is 2. The molecule has 1 aromatic carbocycles. The SMILES string of the molecule is O=C(NCC1(O)CCCC1)Oc1ccccc1. The fraction of sp³-hybridized carbons (Fsp3) is 0.462. The molecule has 1 saturated carbocycles. The molecule has 0 bridgehead atoms. The highest BCUT2D eigenvalue weighted by atomic mass is 16.6. The number of nitrogens with one attached hydrogen (secondary N) is 1. The van der Waals surface area contributed by atoms with Gasteiger partial charge in [0.25, 0.3) is 0 Å². The van der Waals surface area contributed by atoms with Crippen molar-refractivity contribution in [3.63, 3.8) is 0 Å². The van der Waals surface area contributed by atoms with Crippen molar-refractivity contribution in [1.82, 2.24) is 5.32 Å². The monoisotopic (exact) mass is 235 g/mol. The van der Waals surface area contributed by atoms with E-state index in [-0.39, 0.29) is 6.54 Å². The lowest BCUT2D eigenvalue weighted by molar-refractivity contribution is 0.0482. The van der Waals surface area contributed by atoms with Gasteiger partial charge in [0.15, 0.2) is 0 Å². The molecule has 4 heteroatoms. The summed E-state index contributed by atoms with van der Waals surface area (Å²) < 4.78 is 5.06. The molecule has 0 radical (unpaired) electrons. The average molecular weight is 235 g/mol. The molecule has 4 nitrogen and oxygen atoms in total. The molecule has 1 amide bonds. The Morgan fingerprint density at radius 2 is 1.94 bits per heavy atom. The van der Waals surface area contributed by atoms with Crippen molar-refractivity contribution >= 4 is 6.09 Å². The molecule has 92 valence electrons. The van der Waals surface area contributed by atoms with E-state index in [1.54, 1.807) is 24.3 Å². The Bertz CT molecular complexity index is 372. The van der Waals surface area contributed by atoms with Crippen molar-refractivity contribution in [2.45, 2.75) is 31.3 Å². The third-order valence-electron chi connectivity index (χ3n) is 3.05. The van der Waals surface area contributed by atoms with Gasteiger partial charge in [0.05, 0.1) is 5.60 Å². The standard InChI is InChI=1S/C13H17NO3/c15-12(17-11-6-2-1-3-7-11)14-10-13(16)8-4-5-9-13/h1-3,6-7,16H,4-5,8-10H2,(H,14,15). The molecule has 0 aliphatic heterocycles. The normalized spacial score (nSPS) is 17.7. The number of ether oxygens (including phenoxy) is 1. The van der Waals surface area contributed by atoms with Crippen LogP contribution in [-0.2, 0) is 0 Å². The first-order valence-electron chi connectivity index (χ1n) is 5.91. The molecule has 0 atom stereocenters. The summed E-state index contributed by atoms with van der Waals surface area (Å²) in [7, 11) is 0. The van der Waals surface area contributed by atoms with Crippen molar-refractivity contribution in [3.8, 4) is 5.75 Å². The molecule has 0 saturated heterocycles. The number of amides is 1. The molecule has 0 unspecified atom stereocenters. The topological polar surface area (TPSA) is 58.6 Å². The van der Waals surface area contributed by atoms with Gasteiger partial charge in [-0.15, -0.1) is 0 Å². The van der Waals surface area contributed by atoms with E-state index in [1.165, 1.54) is 0 Å². The molecule has 0 heterocycles. The molecule has 1 aliphatic rings. The summed E-state index contributed by atoms with van der Waals surface area (Å²) in [6.45, 7) is 0.263. The number of para-hydroxylation sites is 1. The molecular formula is C13H17NO3. The van der Waals surface area contributed by atoms with E-state index >= 15 is 0 Å². The second-order valence-corrected chi connectivity index (χ2v) is 4.49. The smallest absolute Gasteiger partial charge is 0.410 e. The number of rotatable bonds is 3. The Kier molecular flexibility index (Phi) is 3.64. The Morgan fingerprint density at radius 3 is 2.59 bits per heavy atom. The zero-order valence-corrected chi connectivity index (χ0v) is 9.69. The Hall–Kier alpha value is -1.55. The summed E-state index contributed by atoms with van der Waals surface area (Å²) in [5, 5.41) is 12.6. The van der Waals surface area contributed by atoms with Crippen LogP contribution < -0.4 is 10.1 Å². The largest absolute Gasteiger partial charge is 0.412 e. The Labute approximate surface area is 101 Å². The number of carbonyl (C=O) groups is 1. The molecule has 2 rings (SSSR count). The number of carbonyl (C=O) groups excluding carboxylic acids is 1. The fourth-order valence-corrected chi connectivity index (χ4v) is 2.08. The highest BCUT2D eigenvalue weighted by Gasteiger charge is 2.31. The minimum Gasteiger partial charge on any atom is -0.410 e. The number of benzene rings is 1. The summed E-state index contributed by atoms with van der Waals surface area (Å²) in [6.07, 6.45) is 3.02. The number of aliphatic hydroxyl groups is 1. The number of hydrogen-bond acceptors (Lipinski definition) is 3. The molecule has 1 aromatic rings. The molecule has 0 spiro atoms. The second-order valence-electron chi connectivity index (χ2n) is 4.49. The minimum atomic E-state index is -0.740. The first-order chi connectivity index (χ1) is 8.18. The van der Waals surface area contributed by atoms with Gasteiger partial charge in [-0.25, -0.2) is 4.79 Å². The second kappa shape index (κ2) is 5.19. The first-order valence-corrected chi connectivity index (χ1v) is 5.91. The van der Waals surface area contributed by atoms with Gasteiger partial charge < -0.3 is 15.2 Å². The third kappa shape index (κ3) is 3.46. The highest BCUT2D eigenvalue weighted by molar-refractivity contribution is 5.70. The van der Waals surface area contributed by atoms with Gasteiger partial charge in [0, 0.05) is 6.54 Å². The summed E-state index contributed by atoms with van der Waals surface area (Å²) in [5.74, 6) is 0.503. The Morgan fingerprint density at radius 1 is 1.29 bits per heavy atom. The molecular weight excluding hydrogens is 218 g/mol. The summed E-state index contributed by atoms with van der Waals surface area (Å²) in [6, 6.07) is 8.87. The Balaban J connectivity index is 1.78. The molecule has 0 aromatic heterocycles. The maximum absolute atomic E-state index is 11.5. The van der Waals surface area contributed by atoms with E-state index < -0.39 is 11.7 Å². The predicted octanol–water partition coefficient (Wildman–Crippen LogP) is 2.08. The van der Waals surface area contributed by atoms with Crippen molar-refractivity contribution in [2.75, 3.05) is 6.54 Å². The summed E-state index contributed by atoms with van der Waals surface area (Å²) in [5.41, 5.74) is -0.740. The van der Waals surface area contributed by atoms with Crippen molar-refractivity contribution in [1.29, 1.82) is 0 Å². The van der Waals surface area contributed by atoms with Crippen LogP contribution in [-0.4, -0.2) is 23.3 Å². The maximum Gasteiger partial charge on any atom is 0.412 e. The molecule has 1 fully saturated rings. The maximum atomic E-state index is 11.5. The fourth-order valence-electron chi connectivity index (χ4n) is 2.08. The van der Waals surface area contributed by atoms with E-state index in [2.05, 4.69) is 5.32 Å². The van der Waals surface area contributed by atoms with Crippen molar-refractivity contribution in [2.24, 2.45) is 0 Å². The van der Waals surface area contributed by atoms with Crippen LogP contribution in [0.4, 0.5) is 4.79 Å². The van der Waals surface area contributed by atoms with Gasteiger partial charge in [0.1, 0.15) is 5.75 Å². The van der Waals surface area contributed by atoms with Crippen LogP contribution in [0.3, 0.4) is 0 Å². The first kappa shape index (κ1) is 11.9. The lowest BCUT2D eigenvalue weighted by atomic mass is 10.0. The van der Waals surface area contributed by atoms with Gasteiger partial charge >= 0.3 is 6.09 Å². The zero-order valence-electron chi connectivity index (χ0n) is 9.69. The molecule has 2 N–H and O–H groups in total. The van der Waals surface area contributed by atoms with Gasteiger partial charge in [-0.2, -0.15) is 0 Å². The molecule has 1 aliphatic carbocycles. The van der Waals surface area contributed by atoms with Crippen LogP contribution in [0.15, 0.2) is 30.3 Å². The van der Waals surface area contributed by atoms with Crippen LogP contribution in [0, 0.1) is 0 Å². The van der Waals surface area contributed by atoms with Crippen LogP contribution in [0.2, 0.25) is 0 Å². The van der Waals surface area contributed by atoms with E-state index in [9.17, 15) is 9.90 Å². The van der Waals surface area contributed by atoms with Gasteiger partial charge in [-0.05, 0) is 25.0 Å². The summed E-state index contributed by atoms with van der Waals surface area (Å²) in [4.78, 5) is 11.5. The van der Waals surface area contributed by atoms with Crippen molar-refractivity contribution in [3.05, 3.63) is 30.3 Å². The van der Waals surface area contributed by atoms with Crippen LogP contribution in [0.5, 0.6) is 5.75 Å². The van der Waals surface area contributed by atoms with Crippen LogP contribution >= 0.6 is 0 Å². The quantitative estimate of drug-likeness (QED) is 0.843. The van der Waals surface area contributed by atoms with Crippen molar-refractivity contribution < 1.29 is 14.6 Å². The molecule has 17 heavy (non-hydrogen) atoms.